The molecule has 0 saturated carbocycles. The molecule has 0 atom stereocenters. The first-order chi connectivity index (χ1) is 7.27. The Balaban J connectivity index is 2.23. The summed E-state index contributed by atoms with van der Waals surface area (Å²) in [6, 6.07) is 7.63. The van der Waals surface area contributed by atoms with Gasteiger partial charge in [0.25, 0.3) is 0 Å². The van der Waals surface area contributed by atoms with Gasteiger partial charge in [-0.3, -0.25) is 0 Å². The molecule has 3 rings (SSSR count). The highest BCUT2D eigenvalue weighted by atomic mass is 32.2. The van der Waals surface area contributed by atoms with Crippen LogP contribution in [0.5, 0.6) is 0 Å². The maximum Gasteiger partial charge on any atom is 0.160 e. The predicted molar refractivity (Wildman–Crippen MR) is 60.8 cm³/mol. The van der Waals surface area contributed by atoms with Crippen molar-refractivity contribution in [1.82, 2.24) is 0 Å². The first-order valence-electron chi connectivity index (χ1n) is 4.96. The van der Waals surface area contributed by atoms with E-state index in [2.05, 4.69) is 4.36 Å². The van der Waals surface area contributed by atoms with E-state index < -0.39 is 9.73 Å². The molecule has 1 saturated heterocycles. The number of benzene rings is 1. The molecule has 0 unspecified atom stereocenters. The molecule has 0 spiro atoms. The second-order valence-electron chi connectivity index (χ2n) is 3.74. The second-order valence-corrected chi connectivity index (χ2v) is 6.29. The van der Waals surface area contributed by atoms with E-state index in [0.717, 1.165) is 34.6 Å². The molecule has 1 aliphatic heterocycles. The third-order valence-corrected chi connectivity index (χ3v) is 5.03. The fraction of sp³-hybridized carbons (Fsp3) is 0.273. The number of hydrogen-bond acceptors (Lipinski definition) is 3. The van der Waals surface area contributed by atoms with E-state index in [0.29, 0.717) is 0 Å². The van der Waals surface area contributed by atoms with Crippen molar-refractivity contribution in [3.05, 3.63) is 30.5 Å². The lowest BCUT2D eigenvalue weighted by molar-refractivity contribution is 0.616. The maximum absolute atomic E-state index is 12.0. The van der Waals surface area contributed by atoms with Gasteiger partial charge in [-0.1, -0.05) is 12.1 Å². The minimum Gasteiger partial charge on any atom is -0.462 e. The van der Waals surface area contributed by atoms with Gasteiger partial charge in [0.05, 0.1) is 16.0 Å². The Labute approximate surface area is 88.3 Å². The molecule has 0 N–H and O–H groups in total. The van der Waals surface area contributed by atoms with Gasteiger partial charge in [-0.05, 0) is 18.6 Å². The number of para-hydroxylation sites is 1. The van der Waals surface area contributed by atoms with Gasteiger partial charge in [-0.2, -0.15) is 4.36 Å². The van der Waals surface area contributed by atoms with E-state index in [4.69, 9.17) is 4.42 Å². The van der Waals surface area contributed by atoms with Crippen LogP contribution in [-0.4, -0.2) is 15.7 Å². The summed E-state index contributed by atoms with van der Waals surface area (Å²) in [5.74, 6) is 1.45. The molecular formula is C11H11NO2S. The van der Waals surface area contributed by atoms with Crippen LogP contribution in [0.15, 0.2) is 39.3 Å². The van der Waals surface area contributed by atoms with Crippen molar-refractivity contribution in [3.63, 3.8) is 0 Å². The normalized spacial score (nSPS) is 18.7. The summed E-state index contributed by atoms with van der Waals surface area (Å²) in [6.45, 7) is 0. The van der Waals surface area contributed by atoms with Crippen molar-refractivity contribution >= 4 is 26.4 Å². The van der Waals surface area contributed by atoms with Crippen LogP contribution < -0.4 is 0 Å². The number of fused-ring (bicyclic) bond motifs is 1. The largest absolute Gasteiger partial charge is 0.462 e. The molecule has 2 heterocycles. The fourth-order valence-corrected chi connectivity index (χ4v) is 3.18. The molecule has 0 amide bonds. The predicted octanol–water partition coefficient (Wildman–Crippen LogP) is 2.94. The van der Waals surface area contributed by atoms with Crippen molar-refractivity contribution in [1.29, 1.82) is 0 Å². The number of hydrogen-bond donors (Lipinski definition) is 0. The Morgan fingerprint density at radius 1 is 1.27 bits per heavy atom. The van der Waals surface area contributed by atoms with Gasteiger partial charge in [0.15, 0.2) is 5.58 Å². The highest BCUT2D eigenvalue weighted by Gasteiger charge is 2.19. The average molecular weight is 221 g/mol. The van der Waals surface area contributed by atoms with Crippen molar-refractivity contribution in [2.45, 2.75) is 6.42 Å². The van der Waals surface area contributed by atoms with Gasteiger partial charge in [0, 0.05) is 16.9 Å². The smallest absolute Gasteiger partial charge is 0.160 e. The SMILES string of the molecule is O=S1(=Nc2cccc3ccoc23)CCC1. The van der Waals surface area contributed by atoms with Crippen molar-refractivity contribution < 1.29 is 8.63 Å². The van der Waals surface area contributed by atoms with Crippen LogP contribution >= 0.6 is 0 Å². The summed E-state index contributed by atoms with van der Waals surface area (Å²) in [6.07, 6.45) is 2.66. The Kier molecular flexibility index (Phi) is 1.85. The third-order valence-electron chi connectivity index (χ3n) is 2.65. The maximum atomic E-state index is 12.0. The Morgan fingerprint density at radius 3 is 2.87 bits per heavy atom. The highest BCUT2D eigenvalue weighted by molar-refractivity contribution is 7.95. The standard InChI is InChI=1S/C11H11NO2S/c13-15(7-2-8-15)12-10-4-1-3-9-5-6-14-11(9)10/h1,3-6H,2,7-8H2. The number of nitrogens with zero attached hydrogens (tertiary/aromatic N) is 1. The quantitative estimate of drug-likeness (QED) is 0.743. The van der Waals surface area contributed by atoms with Crippen LogP contribution in [0.4, 0.5) is 5.69 Å². The molecule has 2 aromatic rings. The van der Waals surface area contributed by atoms with Crippen LogP contribution in [-0.2, 0) is 9.73 Å². The molecule has 1 aromatic heterocycles. The summed E-state index contributed by atoms with van der Waals surface area (Å²) >= 11 is 0. The van der Waals surface area contributed by atoms with Gasteiger partial charge in [-0.25, -0.2) is 4.21 Å². The fourth-order valence-electron chi connectivity index (χ4n) is 1.71. The molecule has 0 radical (unpaired) electrons. The lowest BCUT2D eigenvalue weighted by atomic mass is 10.2. The zero-order chi connectivity index (χ0) is 10.3. The van der Waals surface area contributed by atoms with Crippen LogP contribution in [0.1, 0.15) is 6.42 Å². The zero-order valence-electron chi connectivity index (χ0n) is 8.18. The minimum atomic E-state index is -1.95. The van der Waals surface area contributed by atoms with Gasteiger partial charge in [-0.15, -0.1) is 0 Å². The molecule has 1 fully saturated rings. The number of rotatable bonds is 1. The average Bonchev–Trinajstić information content (AvgIpc) is 2.64. The van der Waals surface area contributed by atoms with Crippen molar-refractivity contribution in [2.75, 3.05) is 11.5 Å². The van der Waals surface area contributed by atoms with E-state index in [9.17, 15) is 4.21 Å². The van der Waals surface area contributed by atoms with Gasteiger partial charge in [0.1, 0.15) is 5.69 Å². The van der Waals surface area contributed by atoms with Gasteiger partial charge < -0.3 is 4.42 Å². The Morgan fingerprint density at radius 2 is 2.13 bits per heavy atom. The molecule has 0 bridgehead atoms. The van der Waals surface area contributed by atoms with Crippen molar-refractivity contribution in [3.8, 4) is 0 Å². The first kappa shape index (κ1) is 8.97. The molecule has 1 aromatic carbocycles. The van der Waals surface area contributed by atoms with E-state index in [-0.39, 0.29) is 0 Å². The van der Waals surface area contributed by atoms with Crippen LogP contribution in [0.25, 0.3) is 11.0 Å². The zero-order valence-corrected chi connectivity index (χ0v) is 9.00. The summed E-state index contributed by atoms with van der Waals surface area (Å²) in [5.41, 5.74) is 1.47. The molecule has 1 aliphatic rings. The summed E-state index contributed by atoms with van der Waals surface area (Å²) in [7, 11) is -1.95. The van der Waals surface area contributed by atoms with E-state index in [1.54, 1.807) is 6.26 Å². The van der Waals surface area contributed by atoms with Gasteiger partial charge >= 0.3 is 0 Å². The molecule has 0 aliphatic carbocycles. The summed E-state index contributed by atoms with van der Waals surface area (Å²) < 4.78 is 21.6. The Hall–Kier alpha value is -1.29. The molecular weight excluding hydrogens is 210 g/mol. The monoisotopic (exact) mass is 221 g/mol. The lowest BCUT2D eigenvalue weighted by Crippen LogP contribution is -2.22. The van der Waals surface area contributed by atoms with E-state index in [1.165, 1.54) is 0 Å². The second kappa shape index (κ2) is 3.10. The lowest BCUT2D eigenvalue weighted by Gasteiger charge is -2.17. The van der Waals surface area contributed by atoms with Gasteiger partial charge in [0.2, 0.25) is 0 Å². The molecule has 4 heteroatoms. The molecule has 15 heavy (non-hydrogen) atoms. The summed E-state index contributed by atoms with van der Waals surface area (Å²) in [5, 5.41) is 1.01. The van der Waals surface area contributed by atoms with E-state index >= 15 is 0 Å². The molecule has 78 valence electrons. The highest BCUT2D eigenvalue weighted by Crippen LogP contribution is 2.29. The minimum absolute atomic E-state index is 0.724. The summed E-state index contributed by atoms with van der Waals surface area (Å²) in [4.78, 5) is 0. The van der Waals surface area contributed by atoms with E-state index in [1.807, 2.05) is 24.3 Å². The molecule has 3 nitrogen and oxygen atoms in total. The topological polar surface area (TPSA) is 42.6 Å². The first-order valence-corrected chi connectivity index (χ1v) is 6.81. The van der Waals surface area contributed by atoms with Crippen LogP contribution in [0, 0.1) is 0 Å². The van der Waals surface area contributed by atoms with Crippen LogP contribution in [0.3, 0.4) is 0 Å². The number of furan rings is 1. The van der Waals surface area contributed by atoms with Crippen LogP contribution in [0.2, 0.25) is 0 Å². The third kappa shape index (κ3) is 1.45. The van der Waals surface area contributed by atoms with Crippen molar-refractivity contribution in [2.24, 2.45) is 4.36 Å². The Bertz CT molecular complexity index is 610.